The molecular formula is C24H25Cl2N5O2S. The molecule has 0 saturated heterocycles. The largest absolute Gasteiger partial charge is 0.356 e. The molecule has 0 fully saturated rings. The fraction of sp³-hybridized carbons (Fsp3) is 0.333. The maximum absolute atomic E-state index is 13.6. The van der Waals surface area contributed by atoms with Crippen molar-refractivity contribution in [1.82, 2.24) is 24.5 Å². The van der Waals surface area contributed by atoms with Crippen LogP contribution < -0.4 is 10.9 Å². The van der Waals surface area contributed by atoms with Gasteiger partial charge < -0.3 is 5.32 Å². The number of carbonyl (C=O) groups is 1. The third-order valence-corrected chi connectivity index (χ3v) is 7.17. The molecule has 0 radical (unpaired) electrons. The highest BCUT2D eigenvalue weighted by Crippen LogP contribution is 2.27. The van der Waals surface area contributed by atoms with Crippen LogP contribution in [0.4, 0.5) is 0 Å². The zero-order chi connectivity index (χ0) is 24.4. The Labute approximate surface area is 211 Å². The van der Waals surface area contributed by atoms with Crippen molar-refractivity contribution in [3.8, 4) is 16.9 Å². The van der Waals surface area contributed by atoms with Crippen molar-refractivity contribution in [1.29, 1.82) is 0 Å². The molecule has 0 spiro atoms. The molecule has 0 saturated carbocycles. The lowest BCUT2D eigenvalue weighted by Gasteiger charge is -2.07. The highest BCUT2D eigenvalue weighted by molar-refractivity contribution is 7.15. The SMILES string of the molecule is CCCCCNC(=O)Cc1csc2nc(C)c(-c3cc(C)n(-c4ccc(Cl)c(Cl)c4)n3)c(=O)n12. The second-order valence-electron chi connectivity index (χ2n) is 8.14. The van der Waals surface area contributed by atoms with Crippen LogP contribution in [0.5, 0.6) is 0 Å². The van der Waals surface area contributed by atoms with E-state index in [0.717, 1.165) is 30.6 Å². The van der Waals surface area contributed by atoms with E-state index in [9.17, 15) is 9.59 Å². The molecule has 0 bridgehead atoms. The molecule has 4 aromatic rings. The van der Waals surface area contributed by atoms with Gasteiger partial charge in [0.2, 0.25) is 5.91 Å². The molecule has 1 aromatic carbocycles. The van der Waals surface area contributed by atoms with Gasteiger partial charge in [0.25, 0.3) is 5.56 Å². The Kier molecular flexibility index (Phi) is 7.40. The molecular weight excluding hydrogens is 493 g/mol. The van der Waals surface area contributed by atoms with Crippen molar-refractivity contribution < 1.29 is 4.79 Å². The molecule has 0 unspecified atom stereocenters. The molecule has 0 aliphatic carbocycles. The van der Waals surface area contributed by atoms with Gasteiger partial charge in [0.05, 0.1) is 33.4 Å². The summed E-state index contributed by atoms with van der Waals surface area (Å²) in [5.74, 6) is -0.107. The molecule has 0 aliphatic rings. The standard InChI is InChI=1S/C24H25Cl2N5O2S/c1-4-5-6-9-27-21(32)12-17-13-34-24-28-15(3)22(23(33)30(17)24)20-10-14(2)31(29-20)16-7-8-18(25)19(26)11-16/h7-8,10-11,13H,4-6,9,12H2,1-3H3,(H,27,32). The van der Waals surface area contributed by atoms with Gasteiger partial charge in [-0.25, -0.2) is 9.67 Å². The van der Waals surface area contributed by atoms with E-state index in [4.69, 9.17) is 23.2 Å². The predicted octanol–water partition coefficient (Wildman–Crippen LogP) is 5.38. The molecule has 10 heteroatoms. The lowest BCUT2D eigenvalue weighted by Crippen LogP contribution is -2.28. The summed E-state index contributed by atoms with van der Waals surface area (Å²) in [4.78, 5) is 31.2. The Balaban J connectivity index is 1.70. The average Bonchev–Trinajstić information content (AvgIpc) is 3.36. The average molecular weight is 518 g/mol. The van der Waals surface area contributed by atoms with Crippen LogP contribution in [0, 0.1) is 13.8 Å². The Morgan fingerprint density at radius 2 is 1.94 bits per heavy atom. The lowest BCUT2D eigenvalue weighted by atomic mass is 10.1. The number of nitrogens with one attached hydrogen (secondary N) is 1. The fourth-order valence-electron chi connectivity index (χ4n) is 3.83. The molecule has 1 N–H and O–H groups in total. The number of amides is 1. The monoisotopic (exact) mass is 517 g/mol. The first-order valence-electron chi connectivity index (χ1n) is 11.1. The summed E-state index contributed by atoms with van der Waals surface area (Å²) in [6, 6.07) is 7.09. The number of halogens is 2. The topological polar surface area (TPSA) is 81.3 Å². The lowest BCUT2D eigenvalue weighted by molar-refractivity contribution is -0.120. The first-order valence-corrected chi connectivity index (χ1v) is 12.7. The van der Waals surface area contributed by atoms with E-state index in [0.29, 0.717) is 44.2 Å². The van der Waals surface area contributed by atoms with E-state index in [1.807, 2.05) is 24.4 Å². The number of unbranched alkanes of at least 4 members (excludes halogenated alkanes) is 2. The van der Waals surface area contributed by atoms with Gasteiger partial charge >= 0.3 is 0 Å². The molecule has 7 nitrogen and oxygen atoms in total. The maximum Gasteiger partial charge on any atom is 0.268 e. The first-order chi connectivity index (χ1) is 16.3. The van der Waals surface area contributed by atoms with E-state index in [-0.39, 0.29) is 17.9 Å². The van der Waals surface area contributed by atoms with Crippen molar-refractivity contribution in [3.63, 3.8) is 0 Å². The number of rotatable bonds is 8. The third-order valence-electron chi connectivity index (χ3n) is 5.56. The van der Waals surface area contributed by atoms with Crippen LogP contribution in [0.1, 0.15) is 43.3 Å². The van der Waals surface area contributed by atoms with Crippen LogP contribution in [-0.2, 0) is 11.2 Å². The molecule has 178 valence electrons. The molecule has 4 rings (SSSR count). The van der Waals surface area contributed by atoms with Crippen LogP contribution >= 0.6 is 34.5 Å². The normalized spacial score (nSPS) is 11.3. The highest BCUT2D eigenvalue weighted by atomic mass is 35.5. The molecule has 3 heterocycles. The number of thiazole rings is 1. The molecule has 0 atom stereocenters. The minimum Gasteiger partial charge on any atom is -0.356 e. The van der Waals surface area contributed by atoms with Gasteiger partial charge in [0.1, 0.15) is 5.69 Å². The Morgan fingerprint density at radius 3 is 2.68 bits per heavy atom. The van der Waals surface area contributed by atoms with Crippen LogP contribution in [-0.4, -0.2) is 31.6 Å². The van der Waals surface area contributed by atoms with E-state index in [2.05, 4.69) is 22.3 Å². The van der Waals surface area contributed by atoms with Gasteiger partial charge in [-0.15, -0.1) is 11.3 Å². The van der Waals surface area contributed by atoms with Gasteiger partial charge in [0.15, 0.2) is 4.96 Å². The minimum atomic E-state index is -0.240. The van der Waals surface area contributed by atoms with Crippen LogP contribution in [0.25, 0.3) is 21.9 Å². The zero-order valence-electron chi connectivity index (χ0n) is 19.2. The van der Waals surface area contributed by atoms with Crippen molar-refractivity contribution in [2.24, 2.45) is 0 Å². The summed E-state index contributed by atoms with van der Waals surface area (Å²) >= 11 is 13.6. The predicted molar refractivity (Wildman–Crippen MR) is 138 cm³/mol. The summed E-state index contributed by atoms with van der Waals surface area (Å²) in [6.45, 7) is 6.45. The van der Waals surface area contributed by atoms with Gasteiger partial charge in [-0.2, -0.15) is 5.10 Å². The Bertz CT molecular complexity index is 1420. The second-order valence-corrected chi connectivity index (χ2v) is 9.79. The van der Waals surface area contributed by atoms with E-state index in [1.54, 1.807) is 23.7 Å². The minimum absolute atomic E-state index is 0.107. The number of hydrogen-bond donors (Lipinski definition) is 1. The van der Waals surface area contributed by atoms with Crippen LogP contribution in [0.2, 0.25) is 10.0 Å². The molecule has 34 heavy (non-hydrogen) atoms. The fourth-order valence-corrected chi connectivity index (χ4v) is 5.05. The molecule has 0 aliphatic heterocycles. The van der Waals surface area contributed by atoms with E-state index < -0.39 is 0 Å². The summed E-state index contributed by atoms with van der Waals surface area (Å²) in [7, 11) is 0. The number of aromatic nitrogens is 4. The first kappa shape index (κ1) is 24.4. The van der Waals surface area contributed by atoms with Gasteiger partial charge in [-0.05, 0) is 44.5 Å². The van der Waals surface area contributed by atoms with Crippen molar-refractivity contribution in [3.05, 3.63) is 67.1 Å². The number of benzene rings is 1. The maximum atomic E-state index is 13.6. The summed E-state index contributed by atoms with van der Waals surface area (Å²) < 4.78 is 3.23. The Morgan fingerprint density at radius 1 is 1.15 bits per heavy atom. The number of carbonyl (C=O) groups excluding carboxylic acids is 1. The summed E-state index contributed by atoms with van der Waals surface area (Å²) in [5, 5.41) is 10.3. The van der Waals surface area contributed by atoms with Gasteiger partial charge in [0, 0.05) is 23.3 Å². The van der Waals surface area contributed by atoms with Gasteiger partial charge in [-0.1, -0.05) is 43.0 Å². The zero-order valence-corrected chi connectivity index (χ0v) is 21.5. The van der Waals surface area contributed by atoms with Crippen molar-refractivity contribution in [2.75, 3.05) is 6.54 Å². The number of hydrogen-bond acceptors (Lipinski definition) is 5. The van der Waals surface area contributed by atoms with E-state index >= 15 is 0 Å². The van der Waals surface area contributed by atoms with Gasteiger partial charge in [-0.3, -0.25) is 14.0 Å². The number of nitrogens with zero attached hydrogens (tertiary/aromatic N) is 4. The van der Waals surface area contributed by atoms with Crippen LogP contribution in [0.15, 0.2) is 34.4 Å². The number of aryl methyl sites for hydroxylation is 2. The van der Waals surface area contributed by atoms with Crippen molar-refractivity contribution in [2.45, 2.75) is 46.5 Å². The third kappa shape index (κ3) is 4.89. The second kappa shape index (κ2) is 10.3. The number of fused-ring (bicyclic) bond motifs is 1. The van der Waals surface area contributed by atoms with Crippen LogP contribution in [0.3, 0.4) is 0 Å². The summed E-state index contributed by atoms with van der Waals surface area (Å²) in [6.07, 6.45) is 3.22. The molecule has 3 aromatic heterocycles. The smallest absolute Gasteiger partial charge is 0.268 e. The van der Waals surface area contributed by atoms with Crippen molar-refractivity contribution >= 4 is 45.4 Å². The molecule has 1 amide bonds. The highest BCUT2D eigenvalue weighted by Gasteiger charge is 2.20. The summed E-state index contributed by atoms with van der Waals surface area (Å²) in [5.41, 5.74) is 3.44. The quantitative estimate of drug-likeness (QED) is 0.318. The van der Waals surface area contributed by atoms with E-state index in [1.165, 1.54) is 15.7 Å². The Hall–Kier alpha value is -2.68.